The van der Waals surface area contributed by atoms with E-state index in [1.807, 2.05) is 19.0 Å². The Morgan fingerprint density at radius 2 is 2.06 bits per heavy atom. The molecule has 1 aromatic rings. The Hall–Kier alpha value is -2.10. The van der Waals surface area contributed by atoms with Crippen LogP contribution in [0.25, 0.3) is 6.08 Å². The molecular weight excluding hydrogens is 206 g/mol. The highest BCUT2D eigenvalue weighted by atomic mass is 16.4. The Labute approximate surface area is 93.8 Å². The Bertz CT molecular complexity index is 436. The van der Waals surface area contributed by atoms with Crippen molar-refractivity contribution in [2.45, 2.75) is 0 Å². The molecule has 1 rings (SSSR count). The van der Waals surface area contributed by atoms with E-state index in [1.165, 1.54) is 18.2 Å². The summed E-state index contributed by atoms with van der Waals surface area (Å²) in [5.41, 5.74) is 1.77. The fraction of sp³-hybridized carbons (Fsp3) is 0.167. The average Bonchev–Trinajstić information content (AvgIpc) is 2.25. The van der Waals surface area contributed by atoms with E-state index in [2.05, 4.69) is 0 Å². The van der Waals surface area contributed by atoms with E-state index in [9.17, 15) is 9.59 Å². The lowest BCUT2D eigenvalue weighted by Crippen LogP contribution is -2.11. The molecule has 0 spiro atoms. The van der Waals surface area contributed by atoms with Crippen molar-refractivity contribution >= 4 is 24.0 Å². The van der Waals surface area contributed by atoms with E-state index in [1.54, 1.807) is 12.1 Å². The van der Waals surface area contributed by atoms with Gasteiger partial charge in [-0.3, -0.25) is 4.79 Å². The quantitative estimate of drug-likeness (QED) is 0.618. The van der Waals surface area contributed by atoms with Gasteiger partial charge < -0.3 is 10.0 Å². The summed E-state index contributed by atoms with van der Waals surface area (Å²) < 4.78 is 0. The summed E-state index contributed by atoms with van der Waals surface area (Å²) in [4.78, 5) is 22.9. The minimum Gasteiger partial charge on any atom is -0.478 e. The first-order valence-electron chi connectivity index (χ1n) is 4.72. The molecule has 0 atom stereocenters. The number of aromatic carboxylic acids is 1. The number of anilines is 1. The SMILES string of the molecule is CN(C)c1ccc(C(=O)O)cc1C=CC=O. The first-order valence-corrected chi connectivity index (χ1v) is 4.72. The number of benzene rings is 1. The van der Waals surface area contributed by atoms with Gasteiger partial charge in [-0.25, -0.2) is 4.79 Å². The van der Waals surface area contributed by atoms with Gasteiger partial charge in [-0.15, -0.1) is 0 Å². The second-order valence-corrected chi connectivity index (χ2v) is 3.47. The summed E-state index contributed by atoms with van der Waals surface area (Å²) in [6.07, 6.45) is 3.59. The zero-order valence-corrected chi connectivity index (χ0v) is 9.18. The summed E-state index contributed by atoms with van der Waals surface area (Å²) >= 11 is 0. The number of rotatable bonds is 4. The van der Waals surface area contributed by atoms with E-state index in [4.69, 9.17) is 5.11 Å². The monoisotopic (exact) mass is 219 g/mol. The number of aldehydes is 1. The molecule has 16 heavy (non-hydrogen) atoms. The minimum absolute atomic E-state index is 0.205. The summed E-state index contributed by atoms with van der Waals surface area (Å²) in [5, 5.41) is 8.86. The molecule has 0 saturated heterocycles. The van der Waals surface area contributed by atoms with Gasteiger partial charge in [0.15, 0.2) is 0 Å². The molecule has 0 aromatic heterocycles. The lowest BCUT2D eigenvalue weighted by molar-refractivity contribution is -0.104. The van der Waals surface area contributed by atoms with Gasteiger partial charge in [-0.2, -0.15) is 0 Å². The third-order valence-corrected chi connectivity index (χ3v) is 2.11. The Kier molecular flexibility index (Phi) is 3.83. The normalized spacial score (nSPS) is 10.4. The van der Waals surface area contributed by atoms with Crippen LogP contribution in [0.3, 0.4) is 0 Å². The summed E-state index contributed by atoms with van der Waals surface area (Å²) in [7, 11) is 3.71. The molecular formula is C12H13NO3. The molecule has 4 heteroatoms. The van der Waals surface area contributed by atoms with Crippen molar-refractivity contribution in [3.05, 3.63) is 35.4 Å². The second kappa shape index (κ2) is 5.11. The van der Waals surface area contributed by atoms with Crippen LogP contribution in [-0.2, 0) is 4.79 Å². The highest BCUT2D eigenvalue weighted by molar-refractivity contribution is 5.90. The number of nitrogens with zero attached hydrogens (tertiary/aromatic N) is 1. The molecule has 1 aromatic carbocycles. The Morgan fingerprint density at radius 3 is 2.56 bits per heavy atom. The van der Waals surface area contributed by atoms with E-state index in [0.29, 0.717) is 11.8 Å². The molecule has 0 amide bonds. The summed E-state index contributed by atoms with van der Waals surface area (Å²) in [5.74, 6) is -0.981. The Balaban J connectivity index is 3.26. The number of hydrogen-bond acceptors (Lipinski definition) is 3. The van der Waals surface area contributed by atoms with Crippen LogP contribution < -0.4 is 4.90 Å². The number of carboxylic acid groups (broad SMARTS) is 1. The molecule has 0 bridgehead atoms. The molecule has 1 N–H and O–H groups in total. The van der Waals surface area contributed by atoms with Crippen molar-refractivity contribution in [3.63, 3.8) is 0 Å². The largest absolute Gasteiger partial charge is 0.478 e. The standard InChI is InChI=1S/C12H13NO3/c1-13(2)11-6-5-10(12(15)16)8-9(11)4-3-7-14/h3-8H,1-2H3,(H,15,16). The van der Waals surface area contributed by atoms with Crippen LogP contribution in [0.15, 0.2) is 24.3 Å². The molecule has 84 valence electrons. The van der Waals surface area contributed by atoms with Gasteiger partial charge in [0.2, 0.25) is 0 Å². The van der Waals surface area contributed by atoms with Gasteiger partial charge in [0.05, 0.1) is 5.56 Å². The molecule has 0 fully saturated rings. The van der Waals surface area contributed by atoms with Crippen molar-refractivity contribution in [1.29, 1.82) is 0 Å². The maximum atomic E-state index is 10.8. The number of carboxylic acids is 1. The molecule has 0 unspecified atom stereocenters. The number of allylic oxidation sites excluding steroid dienone is 1. The van der Waals surface area contributed by atoms with Crippen LogP contribution in [-0.4, -0.2) is 31.5 Å². The summed E-state index contributed by atoms with van der Waals surface area (Å²) in [6, 6.07) is 4.79. The number of hydrogen-bond donors (Lipinski definition) is 1. The third kappa shape index (κ3) is 2.70. The van der Waals surface area contributed by atoms with E-state index in [0.717, 1.165) is 5.69 Å². The molecule has 0 saturated carbocycles. The van der Waals surface area contributed by atoms with Gasteiger partial charge >= 0.3 is 5.97 Å². The number of carbonyl (C=O) groups excluding carboxylic acids is 1. The lowest BCUT2D eigenvalue weighted by atomic mass is 10.1. The predicted octanol–water partition coefficient (Wildman–Crippen LogP) is 1.66. The van der Waals surface area contributed by atoms with E-state index in [-0.39, 0.29) is 5.56 Å². The maximum Gasteiger partial charge on any atom is 0.335 e. The molecule has 0 aliphatic rings. The second-order valence-electron chi connectivity index (χ2n) is 3.47. The fourth-order valence-corrected chi connectivity index (χ4v) is 1.37. The van der Waals surface area contributed by atoms with Gasteiger partial charge in [0.25, 0.3) is 0 Å². The topological polar surface area (TPSA) is 57.6 Å². The first kappa shape index (κ1) is 12.0. The molecule has 4 nitrogen and oxygen atoms in total. The predicted molar refractivity (Wildman–Crippen MR) is 62.8 cm³/mol. The zero-order chi connectivity index (χ0) is 12.1. The van der Waals surface area contributed by atoms with Gasteiger partial charge in [-0.1, -0.05) is 0 Å². The van der Waals surface area contributed by atoms with Crippen LogP contribution in [0.4, 0.5) is 5.69 Å². The van der Waals surface area contributed by atoms with E-state index >= 15 is 0 Å². The zero-order valence-electron chi connectivity index (χ0n) is 9.18. The molecule has 0 heterocycles. The van der Waals surface area contributed by atoms with Crippen molar-refractivity contribution in [2.24, 2.45) is 0 Å². The fourth-order valence-electron chi connectivity index (χ4n) is 1.37. The molecule has 0 aliphatic heterocycles. The van der Waals surface area contributed by atoms with Crippen molar-refractivity contribution in [1.82, 2.24) is 0 Å². The first-order chi connectivity index (χ1) is 7.56. The van der Waals surface area contributed by atoms with Crippen LogP contribution in [0.1, 0.15) is 15.9 Å². The highest BCUT2D eigenvalue weighted by Gasteiger charge is 2.07. The summed E-state index contributed by atoms with van der Waals surface area (Å²) in [6.45, 7) is 0. The average molecular weight is 219 g/mol. The van der Waals surface area contributed by atoms with Crippen LogP contribution >= 0.6 is 0 Å². The van der Waals surface area contributed by atoms with Gasteiger partial charge in [-0.05, 0) is 35.9 Å². The van der Waals surface area contributed by atoms with E-state index < -0.39 is 5.97 Å². The van der Waals surface area contributed by atoms with Gasteiger partial charge in [0, 0.05) is 19.8 Å². The highest BCUT2D eigenvalue weighted by Crippen LogP contribution is 2.21. The lowest BCUT2D eigenvalue weighted by Gasteiger charge is -2.15. The van der Waals surface area contributed by atoms with Crippen LogP contribution in [0.5, 0.6) is 0 Å². The van der Waals surface area contributed by atoms with Crippen molar-refractivity contribution in [3.8, 4) is 0 Å². The molecule has 0 aliphatic carbocycles. The third-order valence-electron chi connectivity index (χ3n) is 2.11. The van der Waals surface area contributed by atoms with Crippen LogP contribution in [0, 0.1) is 0 Å². The van der Waals surface area contributed by atoms with Crippen LogP contribution in [0.2, 0.25) is 0 Å². The maximum absolute atomic E-state index is 10.8. The van der Waals surface area contributed by atoms with Crippen molar-refractivity contribution < 1.29 is 14.7 Å². The van der Waals surface area contributed by atoms with Gasteiger partial charge in [0.1, 0.15) is 6.29 Å². The molecule has 0 radical (unpaired) electrons. The smallest absolute Gasteiger partial charge is 0.335 e. The minimum atomic E-state index is -0.981. The van der Waals surface area contributed by atoms with Crippen molar-refractivity contribution in [2.75, 3.05) is 19.0 Å². The Morgan fingerprint density at radius 1 is 1.38 bits per heavy atom. The number of carbonyl (C=O) groups is 2.